The molecule has 2 rings (SSSR count). The molecular weight excluding hydrogens is 168 g/mol. The lowest BCUT2D eigenvalue weighted by Crippen LogP contribution is -2.41. The number of hydrogen-bond donors (Lipinski definition) is 1. The summed E-state index contributed by atoms with van der Waals surface area (Å²) in [6.07, 6.45) is 2.85. The van der Waals surface area contributed by atoms with E-state index in [1.807, 2.05) is 0 Å². The predicted molar refractivity (Wildman–Crippen MR) is 48.2 cm³/mol. The summed E-state index contributed by atoms with van der Waals surface area (Å²) in [4.78, 5) is 0. The smallest absolute Gasteiger partial charge is 0.168 e. The van der Waals surface area contributed by atoms with E-state index in [-0.39, 0.29) is 12.4 Å². The minimum absolute atomic E-state index is 0.268. The first-order chi connectivity index (χ1) is 6.24. The molecule has 0 amide bonds. The average molecular weight is 186 g/mol. The van der Waals surface area contributed by atoms with Gasteiger partial charge in [-0.2, -0.15) is 0 Å². The van der Waals surface area contributed by atoms with E-state index in [4.69, 9.17) is 14.6 Å². The summed E-state index contributed by atoms with van der Waals surface area (Å²) in [7, 11) is 0. The van der Waals surface area contributed by atoms with Crippen molar-refractivity contribution in [1.29, 1.82) is 0 Å². The lowest BCUT2D eigenvalue weighted by atomic mass is 10.1. The Bertz CT molecular complexity index is 173. The Hall–Kier alpha value is -0.120. The number of rotatable bonds is 1. The van der Waals surface area contributed by atoms with E-state index in [9.17, 15) is 0 Å². The molecule has 0 bridgehead atoms. The maximum atomic E-state index is 9.02. The summed E-state index contributed by atoms with van der Waals surface area (Å²) in [6, 6.07) is 0. The molecule has 0 aromatic rings. The van der Waals surface area contributed by atoms with Crippen molar-refractivity contribution in [2.75, 3.05) is 19.8 Å². The average Bonchev–Trinajstić information content (AvgIpc) is 2.55. The molecule has 3 heteroatoms. The summed E-state index contributed by atoms with van der Waals surface area (Å²) < 4.78 is 11.5. The first-order valence-electron chi connectivity index (χ1n) is 5.13. The lowest BCUT2D eigenvalue weighted by Gasteiger charge is -2.36. The quantitative estimate of drug-likeness (QED) is 0.668. The molecule has 1 aliphatic carbocycles. The van der Waals surface area contributed by atoms with Crippen LogP contribution in [0.4, 0.5) is 0 Å². The zero-order chi connectivity index (χ0) is 9.31. The molecule has 76 valence electrons. The van der Waals surface area contributed by atoms with Crippen LogP contribution in [0.5, 0.6) is 0 Å². The van der Waals surface area contributed by atoms with Gasteiger partial charge in [-0.15, -0.1) is 0 Å². The highest BCUT2D eigenvalue weighted by Gasteiger charge is 2.43. The first kappa shape index (κ1) is 9.44. The van der Waals surface area contributed by atoms with Crippen molar-refractivity contribution in [2.45, 2.75) is 32.0 Å². The summed E-state index contributed by atoms with van der Waals surface area (Å²) in [5.74, 6) is 0.562. The minimum atomic E-state index is -0.333. The standard InChI is InChI=1S/C10H18O3/c1-8-6-12-10(13-7-8)3-2-9(4-10)5-11/h8-9,11H,2-7H2,1H3. The SMILES string of the molecule is CC1COC2(CCC(CO)C2)OC1. The topological polar surface area (TPSA) is 38.7 Å². The molecule has 0 aromatic carbocycles. The Morgan fingerprint density at radius 2 is 2.08 bits per heavy atom. The monoisotopic (exact) mass is 186 g/mol. The van der Waals surface area contributed by atoms with Crippen LogP contribution in [0.2, 0.25) is 0 Å². The Kier molecular flexibility index (Phi) is 2.58. The lowest BCUT2D eigenvalue weighted by molar-refractivity contribution is -0.278. The van der Waals surface area contributed by atoms with Crippen LogP contribution in [0.25, 0.3) is 0 Å². The van der Waals surface area contributed by atoms with E-state index < -0.39 is 0 Å². The highest BCUT2D eigenvalue weighted by Crippen LogP contribution is 2.40. The second-order valence-electron chi connectivity index (χ2n) is 4.43. The molecule has 1 unspecified atom stereocenters. The number of aliphatic hydroxyl groups excluding tert-OH is 1. The van der Waals surface area contributed by atoms with Gasteiger partial charge in [-0.05, 0) is 12.3 Å². The second kappa shape index (κ2) is 3.56. The van der Waals surface area contributed by atoms with E-state index in [1.165, 1.54) is 0 Å². The molecule has 0 aromatic heterocycles. The summed E-state index contributed by atoms with van der Waals surface area (Å²) in [5, 5.41) is 9.02. The van der Waals surface area contributed by atoms with Gasteiger partial charge in [0.05, 0.1) is 13.2 Å². The van der Waals surface area contributed by atoms with Crippen LogP contribution >= 0.6 is 0 Å². The van der Waals surface area contributed by atoms with Gasteiger partial charge in [0.15, 0.2) is 5.79 Å². The number of aliphatic hydroxyl groups is 1. The molecular formula is C10H18O3. The van der Waals surface area contributed by atoms with Crippen LogP contribution < -0.4 is 0 Å². The molecule has 1 heterocycles. The highest BCUT2D eigenvalue weighted by molar-refractivity contribution is 4.85. The Labute approximate surface area is 79.0 Å². The van der Waals surface area contributed by atoms with E-state index in [0.29, 0.717) is 11.8 Å². The van der Waals surface area contributed by atoms with Gasteiger partial charge in [-0.3, -0.25) is 0 Å². The van der Waals surface area contributed by atoms with Crippen LogP contribution in [0.15, 0.2) is 0 Å². The van der Waals surface area contributed by atoms with Crippen LogP contribution in [0.1, 0.15) is 26.2 Å². The van der Waals surface area contributed by atoms with E-state index in [0.717, 1.165) is 32.5 Å². The number of hydrogen-bond acceptors (Lipinski definition) is 3. The van der Waals surface area contributed by atoms with Gasteiger partial charge < -0.3 is 14.6 Å². The summed E-state index contributed by atoms with van der Waals surface area (Å²) >= 11 is 0. The summed E-state index contributed by atoms with van der Waals surface area (Å²) in [5.41, 5.74) is 0. The molecule has 0 radical (unpaired) electrons. The minimum Gasteiger partial charge on any atom is -0.396 e. The highest BCUT2D eigenvalue weighted by atomic mass is 16.7. The maximum absolute atomic E-state index is 9.02. The molecule has 3 nitrogen and oxygen atoms in total. The van der Waals surface area contributed by atoms with Crippen LogP contribution in [0, 0.1) is 11.8 Å². The normalized spacial score (nSPS) is 45.7. The molecule has 1 saturated heterocycles. The first-order valence-corrected chi connectivity index (χ1v) is 5.13. The molecule has 1 spiro atoms. The van der Waals surface area contributed by atoms with E-state index >= 15 is 0 Å². The third-order valence-corrected chi connectivity index (χ3v) is 3.05. The fourth-order valence-electron chi connectivity index (χ4n) is 2.16. The van der Waals surface area contributed by atoms with Gasteiger partial charge in [0.2, 0.25) is 0 Å². The van der Waals surface area contributed by atoms with Crippen molar-refractivity contribution in [1.82, 2.24) is 0 Å². The zero-order valence-electron chi connectivity index (χ0n) is 8.16. The predicted octanol–water partition coefficient (Wildman–Crippen LogP) is 1.16. The van der Waals surface area contributed by atoms with Crippen LogP contribution in [-0.4, -0.2) is 30.7 Å². The van der Waals surface area contributed by atoms with Gasteiger partial charge in [-0.1, -0.05) is 6.92 Å². The molecule has 1 atom stereocenters. The van der Waals surface area contributed by atoms with Gasteiger partial charge in [0.25, 0.3) is 0 Å². The van der Waals surface area contributed by atoms with Crippen molar-refractivity contribution >= 4 is 0 Å². The molecule has 1 N–H and O–H groups in total. The van der Waals surface area contributed by atoms with Gasteiger partial charge in [0, 0.05) is 25.4 Å². The zero-order valence-corrected chi connectivity index (χ0v) is 8.16. The Morgan fingerprint density at radius 3 is 2.62 bits per heavy atom. The summed E-state index contributed by atoms with van der Waals surface area (Å²) in [6.45, 7) is 4.01. The largest absolute Gasteiger partial charge is 0.396 e. The van der Waals surface area contributed by atoms with Crippen molar-refractivity contribution in [3.05, 3.63) is 0 Å². The molecule has 1 saturated carbocycles. The van der Waals surface area contributed by atoms with E-state index in [1.54, 1.807) is 0 Å². The molecule has 2 fully saturated rings. The second-order valence-corrected chi connectivity index (χ2v) is 4.43. The fourth-order valence-corrected chi connectivity index (χ4v) is 2.16. The van der Waals surface area contributed by atoms with Gasteiger partial charge in [-0.25, -0.2) is 0 Å². The van der Waals surface area contributed by atoms with Crippen LogP contribution in [0.3, 0.4) is 0 Å². The third kappa shape index (κ3) is 1.87. The number of ether oxygens (including phenoxy) is 2. The molecule has 1 aliphatic heterocycles. The maximum Gasteiger partial charge on any atom is 0.168 e. The van der Waals surface area contributed by atoms with Gasteiger partial charge >= 0.3 is 0 Å². The Balaban J connectivity index is 1.92. The Morgan fingerprint density at radius 1 is 1.38 bits per heavy atom. The molecule has 13 heavy (non-hydrogen) atoms. The van der Waals surface area contributed by atoms with Gasteiger partial charge in [0.1, 0.15) is 0 Å². The third-order valence-electron chi connectivity index (χ3n) is 3.05. The fraction of sp³-hybridized carbons (Fsp3) is 1.00. The van der Waals surface area contributed by atoms with Crippen molar-refractivity contribution in [3.63, 3.8) is 0 Å². The van der Waals surface area contributed by atoms with Crippen LogP contribution in [-0.2, 0) is 9.47 Å². The van der Waals surface area contributed by atoms with Crippen molar-refractivity contribution in [3.8, 4) is 0 Å². The molecule has 2 aliphatic rings. The van der Waals surface area contributed by atoms with E-state index in [2.05, 4.69) is 6.92 Å². The van der Waals surface area contributed by atoms with Crippen molar-refractivity contribution < 1.29 is 14.6 Å². The van der Waals surface area contributed by atoms with Crippen molar-refractivity contribution in [2.24, 2.45) is 11.8 Å².